The molecular weight excluding hydrogens is 228 g/mol. The van der Waals surface area contributed by atoms with Gasteiger partial charge < -0.3 is 15.2 Å². The van der Waals surface area contributed by atoms with Crippen molar-refractivity contribution in [2.45, 2.75) is 13.1 Å². The van der Waals surface area contributed by atoms with E-state index in [2.05, 4.69) is 0 Å². The van der Waals surface area contributed by atoms with Gasteiger partial charge in [-0.1, -0.05) is 0 Å². The number of aliphatic carboxylic acids is 1. The van der Waals surface area contributed by atoms with Gasteiger partial charge in [0.2, 0.25) is 12.1 Å². The van der Waals surface area contributed by atoms with Crippen molar-refractivity contribution < 1.29 is 31.6 Å². The highest BCUT2D eigenvalue weighted by atomic mass is 32.2. The van der Waals surface area contributed by atoms with Crippen molar-refractivity contribution in [3.63, 3.8) is 0 Å². The van der Waals surface area contributed by atoms with Crippen LogP contribution in [-0.2, 0) is 19.9 Å². The number of carboxylic acids is 1. The number of nitrogens with zero attached hydrogens (tertiary/aromatic N) is 1. The van der Waals surface area contributed by atoms with Crippen LogP contribution in [0.5, 0.6) is 0 Å². The summed E-state index contributed by atoms with van der Waals surface area (Å²) in [6.45, 7) is 1.01. The van der Waals surface area contributed by atoms with E-state index in [4.69, 9.17) is 4.55 Å². The van der Waals surface area contributed by atoms with Gasteiger partial charge in [0, 0.05) is 6.92 Å². The summed E-state index contributed by atoms with van der Waals surface area (Å²) in [6, 6.07) is 0. The standard InChI is InChI=1S/C6H12N2O6S/c1-4(9)7-5(6(10)11)8(2,3)15(12,13)14/h5H,1-3H3,(H2-,7,9,10,11,12,13,14). The van der Waals surface area contributed by atoms with Gasteiger partial charge in [-0.3, -0.25) is 4.79 Å². The zero-order valence-corrected chi connectivity index (χ0v) is 9.24. The molecule has 0 aromatic carbocycles. The second-order valence-electron chi connectivity index (χ2n) is 3.30. The van der Waals surface area contributed by atoms with Crippen LogP contribution in [0.25, 0.3) is 0 Å². The van der Waals surface area contributed by atoms with Crippen LogP contribution < -0.4 is 10.4 Å². The number of carbonyl (C=O) groups excluding carboxylic acids is 2. The van der Waals surface area contributed by atoms with Gasteiger partial charge in [-0.25, -0.2) is 4.55 Å². The number of likely N-dealkylation sites (N-methyl/N-ethyl adjacent to an activating group) is 1. The van der Waals surface area contributed by atoms with E-state index in [0.29, 0.717) is 0 Å². The van der Waals surface area contributed by atoms with Gasteiger partial charge >= 0.3 is 10.3 Å². The highest BCUT2D eigenvalue weighted by molar-refractivity contribution is 7.80. The first-order valence-corrected chi connectivity index (χ1v) is 5.19. The van der Waals surface area contributed by atoms with Crippen molar-refractivity contribution in [2.75, 3.05) is 14.1 Å². The highest BCUT2D eigenvalue weighted by Gasteiger charge is 2.41. The molecule has 0 aromatic heterocycles. The van der Waals surface area contributed by atoms with E-state index in [1.54, 1.807) is 0 Å². The fourth-order valence-corrected chi connectivity index (χ4v) is 1.20. The smallest absolute Gasteiger partial charge is 0.434 e. The Balaban J connectivity index is 5.27. The maximum atomic E-state index is 10.9. The molecule has 1 atom stereocenters. The normalized spacial score (nSPS) is 14.4. The Kier molecular flexibility index (Phi) is 3.80. The van der Waals surface area contributed by atoms with Crippen LogP contribution in [0.2, 0.25) is 0 Å². The molecule has 0 aliphatic heterocycles. The Labute approximate surface area is 87.0 Å². The molecule has 0 aliphatic rings. The molecule has 0 radical (unpaired) electrons. The number of amides is 1. The van der Waals surface area contributed by atoms with E-state index >= 15 is 0 Å². The van der Waals surface area contributed by atoms with Crippen molar-refractivity contribution in [2.24, 2.45) is 0 Å². The maximum Gasteiger partial charge on any atom is 0.434 e. The molecule has 0 spiro atoms. The van der Waals surface area contributed by atoms with Crippen molar-refractivity contribution in [3.8, 4) is 0 Å². The molecule has 0 heterocycles. The Morgan fingerprint density at radius 1 is 1.40 bits per heavy atom. The summed E-state index contributed by atoms with van der Waals surface area (Å²) >= 11 is 0. The molecule has 0 rings (SSSR count). The molecule has 2 N–H and O–H groups in total. The minimum absolute atomic E-state index is 0.751. The Bertz CT molecular complexity index is 373. The van der Waals surface area contributed by atoms with Gasteiger partial charge in [-0.15, -0.1) is 8.42 Å². The molecule has 88 valence electrons. The van der Waals surface area contributed by atoms with Crippen LogP contribution in [0.1, 0.15) is 6.92 Å². The number of carbonyl (C=O) groups is 2. The van der Waals surface area contributed by atoms with E-state index in [9.17, 15) is 23.1 Å². The van der Waals surface area contributed by atoms with Gasteiger partial charge in [0.1, 0.15) is 5.97 Å². The number of nitrogens with one attached hydrogen (secondary N) is 1. The lowest BCUT2D eigenvalue weighted by Gasteiger charge is -2.33. The molecule has 0 bridgehead atoms. The van der Waals surface area contributed by atoms with Crippen LogP contribution >= 0.6 is 0 Å². The number of carboxylic acid groups (broad SMARTS) is 1. The first-order chi connectivity index (χ1) is 6.50. The molecule has 15 heavy (non-hydrogen) atoms. The first kappa shape index (κ1) is 13.8. The highest BCUT2D eigenvalue weighted by Crippen LogP contribution is 2.10. The summed E-state index contributed by atoms with van der Waals surface area (Å²) in [5, 5.41) is 12.5. The summed E-state index contributed by atoms with van der Waals surface area (Å²) in [7, 11) is -2.87. The summed E-state index contributed by atoms with van der Waals surface area (Å²) in [6.07, 6.45) is -1.88. The maximum absolute atomic E-state index is 10.9. The van der Waals surface area contributed by atoms with Crippen molar-refractivity contribution >= 4 is 22.2 Å². The molecule has 9 heteroatoms. The van der Waals surface area contributed by atoms with Crippen molar-refractivity contribution in [1.82, 2.24) is 5.32 Å². The molecule has 0 aliphatic carbocycles. The number of rotatable bonds is 4. The van der Waals surface area contributed by atoms with Gasteiger partial charge in [0.05, 0.1) is 14.1 Å². The van der Waals surface area contributed by atoms with Gasteiger partial charge in [0.25, 0.3) is 0 Å². The van der Waals surface area contributed by atoms with Crippen molar-refractivity contribution in [3.05, 3.63) is 0 Å². The van der Waals surface area contributed by atoms with Crippen LogP contribution in [-0.4, -0.2) is 49.0 Å². The van der Waals surface area contributed by atoms with Gasteiger partial charge in [0.15, 0.2) is 0 Å². The number of hydrogen-bond acceptors (Lipinski definition) is 5. The summed E-state index contributed by atoms with van der Waals surface area (Å²) in [5.41, 5.74) is 0. The Hall–Kier alpha value is -1.19. The third-order valence-electron chi connectivity index (χ3n) is 1.78. The monoisotopic (exact) mass is 240 g/mol. The van der Waals surface area contributed by atoms with Crippen molar-refractivity contribution in [1.29, 1.82) is 0 Å². The van der Waals surface area contributed by atoms with E-state index in [1.807, 2.05) is 5.32 Å². The molecule has 0 aromatic rings. The first-order valence-electron chi connectivity index (χ1n) is 3.79. The van der Waals surface area contributed by atoms with Crippen LogP contribution in [0.3, 0.4) is 0 Å². The summed E-state index contributed by atoms with van der Waals surface area (Å²) in [4.78, 5) is 21.3. The lowest BCUT2D eigenvalue weighted by Crippen LogP contribution is -2.66. The molecule has 0 saturated heterocycles. The minimum Gasteiger partial charge on any atom is -0.542 e. The average Bonchev–Trinajstić information content (AvgIpc) is 1.96. The van der Waals surface area contributed by atoms with E-state index in [1.165, 1.54) is 0 Å². The van der Waals surface area contributed by atoms with Gasteiger partial charge in [-0.05, 0) is 0 Å². The second-order valence-corrected chi connectivity index (χ2v) is 5.14. The Morgan fingerprint density at radius 2 is 1.80 bits per heavy atom. The van der Waals surface area contributed by atoms with Crippen LogP contribution in [0.15, 0.2) is 0 Å². The third-order valence-corrected chi connectivity index (χ3v) is 3.18. The zero-order valence-electron chi connectivity index (χ0n) is 8.42. The topological polar surface area (TPSA) is 124 Å². The minimum atomic E-state index is -4.69. The average molecular weight is 240 g/mol. The fraction of sp³-hybridized carbons (Fsp3) is 0.667. The zero-order chi connectivity index (χ0) is 12.4. The molecule has 8 nitrogen and oxygen atoms in total. The summed E-state index contributed by atoms with van der Waals surface area (Å²) < 4.78 is 29.2. The number of quaternary nitrogens is 1. The molecule has 0 fully saturated rings. The quantitative estimate of drug-likeness (QED) is 0.308. The predicted molar refractivity (Wildman–Crippen MR) is 46.3 cm³/mol. The van der Waals surface area contributed by atoms with Crippen LogP contribution in [0, 0.1) is 0 Å². The van der Waals surface area contributed by atoms with Crippen LogP contribution in [0.4, 0.5) is 0 Å². The van der Waals surface area contributed by atoms with Gasteiger partial charge in [-0.2, -0.15) is 3.89 Å². The SMILES string of the molecule is CC(=O)NC(C(=O)[O-])[N+](C)(C)S(=O)(=O)O. The molecule has 1 unspecified atom stereocenters. The van der Waals surface area contributed by atoms with E-state index in [-0.39, 0.29) is 0 Å². The molecule has 0 saturated carbocycles. The lowest BCUT2D eigenvalue weighted by molar-refractivity contribution is -0.792. The Morgan fingerprint density at radius 3 is 2.00 bits per heavy atom. The molecular formula is C6H12N2O6S. The van der Waals surface area contributed by atoms with E-state index in [0.717, 1.165) is 21.0 Å². The molecule has 1 amide bonds. The predicted octanol–water partition coefficient (Wildman–Crippen LogP) is -2.92. The lowest BCUT2D eigenvalue weighted by atomic mass is 10.4. The largest absolute Gasteiger partial charge is 0.542 e. The summed E-state index contributed by atoms with van der Waals surface area (Å²) in [5.74, 6) is -2.56. The fourth-order valence-electron chi connectivity index (χ4n) is 0.794. The third kappa shape index (κ3) is 3.15. The number of hydrogen-bond donors (Lipinski definition) is 2. The van der Waals surface area contributed by atoms with E-state index < -0.39 is 32.2 Å². The second kappa shape index (κ2) is 4.13.